The van der Waals surface area contributed by atoms with Gasteiger partial charge in [-0.2, -0.15) is 18.4 Å². The van der Waals surface area contributed by atoms with Gasteiger partial charge in [-0.15, -0.1) is 0 Å². The minimum atomic E-state index is -4.50. The highest BCUT2D eigenvalue weighted by Crippen LogP contribution is 2.30. The first-order chi connectivity index (χ1) is 11.3. The molecule has 0 bridgehead atoms. The van der Waals surface area contributed by atoms with E-state index in [-0.39, 0.29) is 23.8 Å². The fourth-order valence-electron chi connectivity index (χ4n) is 2.37. The van der Waals surface area contributed by atoms with E-state index < -0.39 is 17.7 Å². The van der Waals surface area contributed by atoms with E-state index in [2.05, 4.69) is 4.98 Å². The molecule has 0 radical (unpaired) electrons. The van der Waals surface area contributed by atoms with Gasteiger partial charge in [-0.05, 0) is 23.6 Å². The summed E-state index contributed by atoms with van der Waals surface area (Å²) in [5.41, 5.74) is 0.0896. The number of hydrogen-bond acceptors (Lipinski definition) is 3. The third-order valence-electron chi connectivity index (χ3n) is 3.74. The minimum Gasteiger partial charge on any atom is -0.298 e. The molecule has 24 heavy (non-hydrogen) atoms. The van der Waals surface area contributed by atoms with Gasteiger partial charge in [0.05, 0.1) is 17.3 Å². The van der Waals surface area contributed by atoms with Crippen molar-refractivity contribution in [2.75, 3.05) is 0 Å². The van der Waals surface area contributed by atoms with Crippen molar-refractivity contribution < 1.29 is 18.0 Å². The lowest BCUT2D eigenvalue weighted by Gasteiger charge is -2.14. The lowest BCUT2D eigenvalue weighted by Crippen LogP contribution is -2.15. The number of pyridine rings is 1. The molecular weight excluding hydrogens is 317 g/mol. The maximum absolute atomic E-state index is 12.5. The van der Waals surface area contributed by atoms with Crippen LogP contribution in [-0.4, -0.2) is 10.8 Å². The average molecular weight is 332 g/mol. The number of halogens is 3. The summed E-state index contributed by atoms with van der Waals surface area (Å²) in [6.07, 6.45) is -3.74. The Bertz CT molecular complexity index is 734. The second-order valence-electron chi connectivity index (χ2n) is 5.51. The zero-order valence-electron chi connectivity index (χ0n) is 12.9. The van der Waals surface area contributed by atoms with Crippen molar-refractivity contribution in [3.05, 3.63) is 65.5 Å². The van der Waals surface area contributed by atoms with Gasteiger partial charge in [0.25, 0.3) is 0 Å². The molecule has 0 saturated carbocycles. The highest BCUT2D eigenvalue weighted by molar-refractivity contribution is 5.88. The zero-order valence-corrected chi connectivity index (χ0v) is 12.9. The SMILES string of the molecule is C[C@@H](CC(=O)[C@H](C#N)c1ccc(C(F)(F)F)cn1)c1ccccc1. The second-order valence-corrected chi connectivity index (χ2v) is 5.51. The summed E-state index contributed by atoms with van der Waals surface area (Å²) in [5, 5.41) is 9.23. The molecule has 0 aliphatic heterocycles. The van der Waals surface area contributed by atoms with Crippen LogP contribution in [0.1, 0.15) is 42.0 Å². The third-order valence-corrected chi connectivity index (χ3v) is 3.74. The van der Waals surface area contributed by atoms with Crippen LogP contribution >= 0.6 is 0 Å². The molecule has 124 valence electrons. The molecule has 0 amide bonds. The molecule has 3 nitrogen and oxygen atoms in total. The Balaban J connectivity index is 2.13. The van der Waals surface area contributed by atoms with Crippen LogP contribution in [0.3, 0.4) is 0 Å². The van der Waals surface area contributed by atoms with Gasteiger partial charge >= 0.3 is 6.18 Å². The molecule has 0 aliphatic carbocycles. The largest absolute Gasteiger partial charge is 0.417 e. The van der Waals surface area contributed by atoms with Gasteiger partial charge in [-0.25, -0.2) is 0 Å². The first-order valence-corrected chi connectivity index (χ1v) is 7.33. The lowest BCUT2D eigenvalue weighted by atomic mass is 9.89. The zero-order chi connectivity index (χ0) is 17.7. The monoisotopic (exact) mass is 332 g/mol. The molecule has 2 aromatic rings. The molecular formula is C18H15F3N2O. The van der Waals surface area contributed by atoms with E-state index in [1.54, 1.807) is 0 Å². The fourth-order valence-corrected chi connectivity index (χ4v) is 2.37. The number of aromatic nitrogens is 1. The molecule has 0 fully saturated rings. The standard InChI is InChI=1S/C18H15F3N2O/c1-12(13-5-3-2-4-6-13)9-17(24)15(10-22)16-8-7-14(11-23-16)18(19,20)21/h2-8,11-12,15H,9H2,1H3/t12-,15+/m0/s1. The van der Waals surface area contributed by atoms with Gasteiger partial charge in [0.15, 0.2) is 5.78 Å². The summed E-state index contributed by atoms with van der Waals surface area (Å²) in [6.45, 7) is 1.86. The van der Waals surface area contributed by atoms with Crippen molar-refractivity contribution in [2.24, 2.45) is 0 Å². The Labute approximate surface area is 137 Å². The van der Waals surface area contributed by atoms with Gasteiger partial charge in [0.2, 0.25) is 0 Å². The molecule has 2 atom stereocenters. The molecule has 6 heteroatoms. The van der Waals surface area contributed by atoms with Crippen LogP contribution in [0, 0.1) is 11.3 Å². The van der Waals surface area contributed by atoms with E-state index in [1.165, 1.54) is 0 Å². The topological polar surface area (TPSA) is 53.8 Å². The Morgan fingerprint density at radius 3 is 2.38 bits per heavy atom. The maximum atomic E-state index is 12.5. The Hall–Kier alpha value is -2.68. The van der Waals surface area contributed by atoms with E-state index in [4.69, 9.17) is 0 Å². The average Bonchev–Trinajstić information content (AvgIpc) is 2.56. The van der Waals surface area contributed by atoms with E-state index in [1.807, 2.05) is 43.3 Å². The van der Waals surface area contributed by atoms with E-state index in [9.17, 15) is 23.2 Å². The number of alkyl halides is 3. The molecule has 1 aromatic heterocycles. The summed E-state index contributed by atoms with van der Waals surface area (Å²) >= 11 is 0. The summed E-state index contributed by atoms with van der Waals surface area (Å²) < 4.78 is 37.6. The van der Waals surface area contributed by atoms with Crippen LogP contribution in [0.2, 0.25) is 0 Å². The molecule has 1 aromatic carbocycles. The summed E-state index contributed by atoms with van der Waals surface area (Å²) in [7, 11) is 0. The van der Waals surface area contributed by atoms with Crippen molar-refractivity contribution in [3.8, 4) is 6.07 Å². The van der Waals surface area contributed by atoms with Gasteiger partial charge in [-0.1, -0.05) is 37.3 Å². The number of carbonyl (C=O) groups is 1. The number of Topliss-reactive ketones (excluding diaryl/α,β-unsaturated/α-hetero) is 1. The summed E-state index contributed by atoms with van der Waals surface area (Å²) in [5.74, 6) is -1.62. The predicted molar refractivity (Wildman–Crippen MR) is 82.1 cm³/mol. The van der Waals surface area contributed by atoms with Crippen molar-refractivity contribution in [3.63, 3.8) is 0 Å². The van der Waals surface area contributed by atoms with Crippen LogP contribution in [0.4, 0.5) is 13.2 Å². The van der Waals surface area contributed by atoms with Crippen molar-refractivity contribution in [1.29, 1.82) is 5.26 Å². The first kappa shape index (κ1) is 17.7. The first-order valence-electron chi connectivity index (χ1n) is 7.33. The molecule has 0 spiro atoms. The van der Waals surface area contributed by atoms with Crippen molar-refractivity contribution in [2.45, 2.75) is 31.4 Å². The molecule has 1 heterocycles. The summed E-state index contributed by atoms with van der Waals surface area (Å²) in [6, 6.07) is 13.1. The molecule has 0 unspecified atom stereocenters. The maximum Gasteiger partial charge on any atom is 0.417 e. The second kappa shape index (κ2) is 7.26. The Morgan fingerprint density at radius 1 is 1.21 bits per heavy atom. The van der Waals surface area contributed by atoms with Crippen LogP contribution in [0.15, 0.2) is 48.7 Å². The number of hydrogen-bond donors (Lipinski definition) is 0. The van der Waals surface area contributed by atoms with Crippen LogP contribution in [0.25, 0.3) is 0 Å². The van der Waals surface area contributed by atoms with E-state index in [0.717, 1.165) is 17.7 Å². The number of rotatable bonds is 5. The van der Waals surface area contributed by atoms with Crippen LogP contribution < -0.4 is 0 Å². The summed E-state index contributed by atoms with van der Waals surface area (Å²) in [4.78, 5) is 16.0. The molecule has 2 rings (SSSR count). The van der Waals surface area contributed by atoms with Gasteiger partial charge < -0.3 is 0 Å². The molecule has 0 N–H and O–H groups in total. The number of benzene rings is 1. The quantitative estimate of drug-likeness (QED) is 0.812. The van der Waals surface area contributed by atoms with Gasteiger partial charge in [0, 0.05) is 12.6 Å². The number of carbonyl (C=O) groups excluding carboxylic acids is 1. The van der Waals surface area contributed by atoms with Crippen LogP contribution in [0.5, 0.6) is 0 Å². The highest BCUT2D eigenvalue weighted by atomic mass is 19.4. The molecule has 0 saturated heterocycles. The third kappa shape index (κ3) is 4.19. The Morgan fingerprint density at radius 2 is 1.88 bits per heavy atom. The predicted octanol–water partition coefficient (Wildman–Crippen LogP) is 4.47. The van der Waals surface area contributed by atoms with Gasteiger partial charge in [0.1, 0.15) is 5.92 Å². The van der Waals surface area contributed by atoms with E-state index >= 15 is 0 Å². The van der Waals surface area contributed by atoms with Crippen molar-refractivity contribution in [1.82, 2.24) is 4.98 Å². The van der Waals surface area contributed by atoms with Crippen LogP contribution in [-0.2, 0) is 11.0 Å². The van der Waals surface area contributed by atoms with Crippen molar-refractivity contribution >= 4 is 5.78 Å². The lowest BCUT2D eigenvalue weighted by molar-refractivity contribution is -0.137. The number of nitriles is 1. The fraction of sp³-hybridized carbons (Fsp3) is 0.278. The van der Waals surface area contributed by atoms with Gasteiger partial charge in [-0.3, -0.25) is 9.78 Å². The highest BCUT2D eigenvalue weighted by Gasteiger charge is 2.31. The van der Waals surface area contributed by atoms with E-state index in [0.29, 0.717) is 6.20 Å². The molecule has 0 aliphatic rings. The number of ketones is 1. The Kier molecular flexibility index (Phi) is 5.35. The number of nitrogens with zero attached hydrogens (tertiary/aromatic N) is 2. The minimum absolute atomic E-state index is 0.0377. The normalized spacial score (nSPS) is 13.8. The smallest absolute Gasteiger partial charge is 0.298 e.